The first-order chi connectivity index (χ1) is 13.0. The molecular weight excluding hydrogens is 364 g/mol. The lowest BCUT2D eigenvalue weighted by Gasteiger charge is -2.37. The highest BCUT2D eigenvalue weighted by Gasteiger charge is 2.42. The third kappa shape index (κ3) is 4.10. The molecule has 0 saturated carbocycles. The van der Waals surface area contributed by atoms with E-state index in [4.69, 9.17) is 11.6 Å². The summed E-state index contributed by atoms with van der Waals surface area (Å²) >= 11 is 6.67. The Labute approximate surface area is 169 Å². The van der Waals surface area contributed by atoms with Crippen molar-refractivity contribution in [1.29, 1.82) is 0 Å². The first kappa shape index (κ1) is 19.7. The number of hydrogen-bond donors (Lipinski definition) is 0. The molecule has 3 rings (SSSR count). The Kier molecular flexibility index (Phi) is 6.03. The zero-order valence-electron chi connectivity index (χ0n) is 16.3. The van der Waals surface area contributed by atoms with E-state index < -0.39 is 8.07 Å². The maximum absolute atomic E-state index is 6.67. The Morgan fingerprint density at radius 1 is 0.704 bits per heavy atom. The van der Waals surface area contributed by atoms with Gasteiger partial charge in [-0.3, -0.25) is 0 Å². The van der Waals surface area contributed by atoms with Crippen LogP contribution >= 0.6 is 11.6 Å². The smallest absolute Gasteiger partial charge is 0.122 e. The summed E-state index contributed by atoms with van der Waals surface area (Å²) in [6, 6.07) is 32.8. The zero-order chi connectivity index (χ0) is 19.3. The molecule has 0 aromatic heterocycles. The van der Waals surface area contributed by atoms with E-state index in [1.165, 1.54) is 20.8 Å². The largest absolute Gasteiger partial charge is 0.176 e. The van der Waals surface area contributed by atoms with Gasteiger partial charge in [-0.15, -0.1) is 11.6 Å². The van der Waals surface area contributed by atoms with Gasteiger partial charge in [-0.2, -0.15) is 0 Å². The molecule has 2 heteroatoms. The molecule has 0 atom stereocenters. The lowest BCUT2D eigenvalue weighted by atomic mass is 9.96. The van der Waals surface area contributed by atoms with Crippen molar-refractivity contribution in [3.63, 3.8) is 0 Å². The van der Waals surface area contributed by atoms with Crippen LogP contribution in [0.4, 0.5) is 0 Å². The van der Waals surface area contributed by atoms with Gasteiger partial charge in [-0.05, 0) is 21.0 Å². The maximum atomic E-state index is 6.67. The maximum Gasteiger partial charge on any atom is 0.176 e. The van der Waals surface area contributed by atoms with E-state index in [-0.39, 0.29) is 5.41 Å². The standard InChI is InChI=1S/C25H27ClSi/c1-25(2,3)19-24(20-26)27(21-13-7-4-8-14-21,22-15-9-5-10-16-22)23-17-11-6-12-18-23/h4-19H,20H2,1-3H3/b24-19+. The van der Waals surface area contributed by atoms with Gasteiger partial charge in [0.15, 0.2) is 8.07 Å². The summed E-state index contributed by atoms with van der Waals surface area (Å²) in [4.78, 5) is 0. The Morgan fingerprint density at radius 2 is 1.04 bits per heavy atom. The molecule has 0 saturated heterocycles. The van der Waals surface area contributed by atoms with E-state index in [0.29, 0.717) is 5.88 Å². The van der Waals surface area contributed by atoms with Crippen LogP contribution in [0.1, 0.15) is 20.8 Å². The summed E-state index contributed by atoms with van der Waals surface area (Å²) in [6.07, 6.45) is 2.40. The van der Waals surface area contributed by atoms with E-state index >= 15 is 0 Å². The van der Waals surface area contributed by atoms with Crippen LogP contribution in [-0.2, 0) is 0 Å². The molecule has 3 aromatic rings. The first-order valence-electron chi connectivity index (χ1n) is 9.43. The van der Waals surface area contributed by atoms with Crippen LogP contribution < -0.4 is 15.6 Å². The molecule has 0 spiro atoms. The lowest BCUT2D eigenvalue weighted by molar-refractivity contribution is 0.542. The van der Waals surface area contributed by atoms with Gasteiger partial charge >= 0.3 is 0 Å². The fourth-order valence-electron chi connectivity index (χ4n) is 3.89. The minimum absolute atomic E-state index is 0.0564. The third-order valence-electron chi connectivity index (χ3n) is 4.85. The van der Waals surface area contributed by atoms with Crippen molar-refractivity contribution in [2.24, 2.45) is 5.41 Å². The second-order valence-electron chi connectivity index (χ2n) is 8.02. The summed E-state index contributed by atoms with van der Waals surface area (Å²) in [5.74, 6) is 0.530. The van der Waals surface area contributed by atoms with Crippen LogP contribution in [-0.4, -0.2) is 14.0 Å². The molecule has 0 aliphatic rings. The molecule has 0 heterocycles. The van der Waals surface area contributed by atoms with Crippen LogP contribution in [0.3, 0.4) is 0 Å². The molecule has 0 nitrogen and oxygen atoms in total. The second kappa shape index (κ2) is 8.29. The van der Waals surface area contributed by atoms with Crippen LogP contribution in [0.25, 0.3) is 0 Å². The van der Waals surface area contributed by atoms with E-state index in [1.807, 2.05) is 0 Å². The van der Waals surface area contributed by atoms with Gasteiger partial charge in [0.05, 0.1) is 0 Å². The van der Waals surface area contributed by atoms with Crippen molar-refractivity contribution in [3.05, 3.63) is 102 Å². The van der Waals surface area contributed by atoms with Crippen molar-refractivity contribution in [2.45, 2.75) is 20.8 Å². The molecule has 0 N–H and O–H groups in total. The van der Waals surface area contributed by atoms with Gasteiger partial charge in [0, 0.05) is 5.88 Å². The van der Waals surface area contributed by atoms with Gasteiger partial charge in [0.2, 0.25) is 0 Å². The fourth-order valence-corrected chi connectivity index (χ4v) is 9.61. The quantitative estimate of drug-likeness (QED) is 0.330. The van der Waals surface area contributed by atoms with Crippen molar-refractivity contribution in [2.75, 3.05) is 5.88 Å². The lowest BCUT2D eigenvalue weighted by Crippen LogP contribution is -2.69. The Balaban J connectivity index is 2.45. The topological polar surface area (TPSA) is 0 Å². The summed E-state index contributed by atoms with van der Waals surface area (Å²) in [7, 11) is -2.43. The predicted octanol–water partition coefficient (Wildman–Crippen LogP) is 4.91. The average Bonchev–Trinajstić information content (AvgIpc) is 2.69. The van der Waals surface area contributed by atoms with Gasteiger partial charge in [0.25, 0.3) is 0 Å². The Hall–Kier alpha value is -2.09. The summed E-state index contributed by atoms with van der Waals surface area (Å²) < 4.78 is 0. The summed E-state index contributed by atoms with van der Waals surface area (Å²) in [5, 5.41) is 5.47. The summed E-state index contributed by atoms with van der Waals surface area (Å²) in [5.41, 5.74) is 0.0564. The normalized spacial score (nSPS) is 12.8. The molecule has 3 aromatic carbocycles. The van der Waals surface area contributed by atoms with Crippen molar-refractivity contribution in [1.82, 2.24) is 0 Å². The predicted molar refractivity (Wildman–Crippen MR) is 122 cm³/mol. The van der Waals surface area contributed by atoms with Crippen LogP contribution in [0, 0.1) is 5.41 Å². The second-order valence-corrected chi connectivity index (χ2v) is 12.2. The minimum atomic E-state index is -2.43. The molecule has 27 heavy (non-hydrogen) atoms. The number of rotatable bonds is 5. The highest BCUT2D eigenvalue weighted by atomic mass is 35.5. The van der Waals surface area contributed by atoms with Crippen molar-refractivity contribution in [3.8, 4) is 0 Å². The molecule has 0 fully saturated rings. The minimum Gasteiger partial charge on any atom is -0.122 e. The van der Waals surface area contributed by atoms with Crippen LogP contribution in [0.15, 0.2) is 102 Å². The molecule has 0 aliphatic heterocycles. The number of halogens is 1. The van der Waals surface area contributed by atoms with E-state index in [0.717, 1.165) is 0 Å². The Morgan fingerprint density at radius 3 is 1.30 bits per heavy atom. The van der Waals surface area contributed by atoms with Crippen molar-refractivity contribution < 1.29 is 0 Å². The van der Waals surface area contributed by atoms with Crippen LogP contribution in [0.2, 0.25) is 0 Å². The molecular formula is C25H27ClSi. The molecule has 138 valence electrons. The van der Waals surface area contributed by atoms with E-state index in [1.54, 1.807) is 0 Å². The van der Waals surface area contributed by atoms with E-state index in [9.17, 15) is 0 Å². The number of benzene rings is 3. The molecule has 0 amide bonds. The number of allylic oxidation sites excluding steroid dienone is 2. The molecule has 0 aliphatic carbocycles. The fraction of sp³-hybridized carbons (Fsp3) is 0.200. The van der Waals surface area contributed by atoms with E-state index in [2.05, 4.69) is 118 Å². The highest BCUT2D eigenvalue weighted by Crippen LogP contribution is 2.25. The van der Waals surface area contributed by atoms with Crippen LogP contribution in [0.5, 0.6) is 0 Å². The molecule has 0 radical (unpaired) electrons. The molecule has 0 unspecified atom stereocenters. The highest BCUT2D eigenvalue weighted by molar-refractivity contribution is 7.16. The zero-order valence-corrected chi connectivity index (χ0v) is 18.1. The number of hydrogen-bond acceptors (Lipinski definition) is 0. The van der Waals surface area contributed by atoms with Gasteiger partial charge in [-0.1, -0.05) is 123 Å². The molecule has 0 bridgehead atoms. The van der Waals surface area contributed by atoms with Gasteiger partial charge in [-0.25, -0.2) is 0 Å². The number of alkyl halides is 1. The first-order valence-corrected chi connectivity index (χ1v) is 12.0. The monoisotopic (exact) mass is 390 g/mol. The van der Waals surface area contributed by atoms with Gasteiger partial charge in [0.1, 0.15) is 0 Å². The third-order valence-corrected chi connectivity index (χ3v) is 10.2. The SMILES string of the molecule is CC(C)(C)/C=C(\CCl)[Si](c1ccccc1)(c1ccccc1)c1ccccc1. The summed E-state index contributed by atoms with van der Waals surface area (Å²) in [6.45, 7) is 6.75. The Bertz CT molecular complexity index is 781. The van der Waals surface area contributed by atoms with Crippen molar-refractivity contribution >= 4 is 35.2 Å². The van der Waals surface area contributed by atoms with Gasteiger partial charge < -0.3 is 0 Å². The average molecular weight is 391 g/mol.